The van der Waals surface area contributed by atoms with E-state index in [0.29, 0.717) is 6.42 Å². The molecule has 3 nitrogen and oxygen atoms in total. The zero-order valence-electron chi connectivity index (χ0n) is 14.1. The van der Waals surface area contributed by atoms with Gasteiger partial charge in [-0.05, 0) is 24.6 Å². The predicted octanol–water partition coefficient (Wildman–Crippen LogP) is 4.66. The number of carbonyl (C=O) groups excluding carboxylic acids is 1. The van der Waals surface area contributed by atoms with Gasteiger partial charge in [0, 0.05) is 12.5 Å². The maximum Gasteiger partial charge on any atom is 0.309 e. The molecule has 0 bridgehead atoms. The lowest BCUT2D eigenvalue weighted by molar-refractivity contribution is -0.171. The van der Waals surface area contributed by atoms with E-state index in [1.54, 1.807) is 0 Å². The van der Waals surface area contributed by atoms with Crippen LogP contribution in [0.5, 0.6) is 0 Å². The number of ether oxygens (including phenoxy) is 1. The highest BCUT2D eigenvalue weighted by Crippen LogP contribution is 2.38. The van der Waals surface area contributed by atoms with E-state index < -0.39 is 8.32 Å². The summed E-state index contributed by atoms with van der Waals surface area (Å²) in [5.74, 6) is -0.0605. The van der Waals surface area contributed by atoms with Gasteiger partial charge in [0.15, 0.2) is 8.32 Å². The van der Waals surface area contributed by atoms with Crippen LogP contribution in [0.15, 0.2) is 0 Å². The molecule has 1 saturated heterocycles. The van der Waals surface area contributed by atoms with Crippen molar-refractivity contribution in [2.45, 2.75) is 96.6 Å². The lowest BCUT2D eigenvalue weighted by atomic mass is 10.0. The number of cyclic esters (lactones) is 1. The van der Waals surface area contributed by atoms with Gasteiger partial charge in [0.05, 0.1) is 6.42 Å². The highest BCUT2D eigenvalue weighted by Gasteiger charge is 2.40. The van der Waals surface area contributed by atoms with Crippen LogP contribution in [0.3, 0.4) is 0 Å². The van der Waals surface area contributed by atoms with Crippen molar-refractivity contribution in [1.29, 1.82) is 0 Å². The minimum absolute atomic E-state index is 0.0605. The Balaban J connectivity index is 2.54. The summed E-state index contributed by atoms with van der Waals surface area (Å²) < 4.78 is 11.7. The van der Waals surface area contributed by atoms with Crippen LogP contribution in [0.2, 0.25) is 18.1 Å². The number of esters is 1. The maximum atomic E-state index is 10.9. The summed E-state index contributed by atoms with van der Waals surface area (Å²) in [6.07, 6.45) is 6.57. The molecule has 0 amide bonds. The van der Waals surface area contributed by atoms with Crippen LogP contribution in [0.1, 0.15) is 66.2 Å². The number of unbranched alkanes of at least 4 members (excludes halogenated alkanes) is 2. The van der Waals surface area contributed by atoms with Gasteiger partial charge in [0.1, 0.15) is 6.10 Å². The quantitative estimate of drug-likeness (QED) is 0.371. The Morgan fingerprint density at radius 3 is 2.40 bits per heavy atom. The van der Waals surface area contributed by atoms with Crippen molar-refractivity contribution in [2.24, 2.45) is 0 Å². The van der Waals surface area contributed by atoms with Gasteiger partial charge in [0.25, 0.3) is 0 Å². The molecule has 0 spiro atoms. The number of hydrogen-bond donors (Lipinski definition) is 0. The van der Waals surface area contributed by atoms with E-state index >= 15 is 0 Å². The summed E-state index contributed by atoms with van der Waals surface area (Å²) in [6.45, 7) is 13.6. The van der Waals surface area contributed by atoms with Crippen LogP contribution >= 0.6 is 0 Å². The fourth-order valence-electron chi connectivity index (χ4n) is 2.23. The van der Waals surface area contributed by atoms with Crippen molar-refractivity contribution >= 4 is 14.3 Å². The Morgan fingerprint density at radius 2 is 1.95 bits per heavy atom. The number of hydrogen-bond acceptors (Lipinski definition) is 3. The van der Waals surface area contributed by atoms with Gasteiger partial charge in [-0.3, -0.25) is 4.79 Å². The largest absolute Gasteiger partial charge is 0.462 e. The standard InChI is InChI=1S/C16H32O3Si/c1-7-8-9-10-13(11-14-12-15(17)18-14)19-20(5,6)16(2,3)4/h13-14H,7-12H2,1-6H3/t13-,14+/m1/s1. The first-order valence-electron chi connectivity index (χ1n) is 8.03. The summed E-state index contributed by atoms with van der Waals surface area (Å²) in [5.41, 5.74) is 0. The SMILES string of the molecule is CCCCC[C@H](C[C@H]1CC(=O)O1)O[Si](C)(C)C(C)(C)C. The van der Waals surface area contributed by atoms with Crippen LogP contribution in [0.4, 0.5) is 0 Å². The van der Waals surface area contributed by atoms with Crippen LogP contribution in [0, 0.1) is 0 Å². The average Bonchev–Trinajstić information content (AvgIpc) is 2.25. The highest BCUT2D eigenvalue weighted by atomic mass is 28.4. The van der Waals surface area contributed by atoms with Crippen molar-refractivity contribution in [1.82, 2.24) is 0 Å². The molecule has 0 unspecified atom stereocenters. The lowest BCUT2D eigenvalue weighted by Crippen LogP contribution is -2.46. The van der Waals surface area contributed by atoms with Crippen molar-refractivity contribution < 1.29 is 14.0 Å². The summed E-state index contributed by atoms with van der Waals surface area (Å²) >= 11 is 0. The predicted molar refractivity (Wildman–Crippen MR) is 85.3 cm³/mol. The zero-order chi connectivity index (χ0) is 15.4. The van der Waals surface area contributed by atoms with Gasteiger partial charge in [-0.2, -0.15) is 0 Å². The molecule has 1 aliphatic heterocycles. The van der Waals surface area contributed by atoms with Gasteiger partial charge in [0.2, 0.25) is 0 Å². The van der Waals surface area contributed by atoms with E-state index in [2.05, 4.69) is 40.8 Å². The molecule has 118 valence electrons. The average molecular weight is 301 g/mol. The first-order valence-corrected chi connectivity index (χ1v) is 10.9. The summed E-state index contributed by atoms with van der Waals surface area (Å²) in [7, 11) is -1.74. The molecule has 1 rings (SSSR count). The summed E-state index contributed by atoms with van der Waals surface area (Å²) in [6, 6.07) is 0. The van der Waals surface area contributed by atoms with E-state index in [4.69, 9.17) is 9.16 Å². The van der Waals surface area contributed by atoms with E-state index in [9.17, 15) is 4.79 Å². The van der Waals surface area contributed by atoms with E-state index in [-0.39, 0.29) is 23.2 Å². The number of rotatable bonds is 8. The van der Waals surface area contributed by atoms with Crippen molar-refractivity contribution in [3.8, 4) is 0 Å². The smallest absolute Gasteiger partial charge is 0.309 e. The van der Waals surface area contributed by atoms with Crippen LogP contribution in [0.25, 0.3) is 0 Å². The summed E-state index contributed by atoms with van der Waals surface area (Å²) in [4.78, 5) is 10.9. The van der Waals surface area contributed by atoms with Gasteiger partial charge in [-0.25, -0.2) is 0 Å². The molecule has 1 heterocycles. The molecule has 0 saturated carbocycles. The Hall–Kier alpha value is -0.353. The Labute approximate surface area is 125 Å². The molecule has 0 radical (unpaired) electrons. The van der Waals surface area contributed by atoms with Crippen molar-refractivity contribution in [3.63, 3.8) is 0 Å². The minimum atomic E-state index is -1.74. The third kappa shape index (κ3) is 5.21. The van der Waals surface area contributed by atoms with Crippen molar-refractivity contribution in [2.75, 3.05) is 0 Å². The molecular weight excluding hydrogens is 268 g/mol. The van der Waals surface area contributed by atoms with Gasteiger partial charge in [-0.15, -0.1) is 0 Å². The molecule has 1 aliphatic rings. The second-order valence-electron chi connectivity index (χ2n) is 7.55. The van der Waals surface area contributed by atoms with Crippen molar-refractivity contribution in [3.05, 3.63) is 0 Å². The van der Waals surface area contributed by atoms with Gasteiger partial charge >= 0.3 is 5.97 Å². The molecular formula is C16H32O3Si. The van der Waals surface area contributed by atoms with E-state index in [0.717, 1.165) is 12.8 Å². The fourth-order valence-corrected chi connectivity index (χ4v) is 3.63. The zero-order valence-corrected chi connectivity index (χ0v) is 15.1. The van der Waals surface area contributed by atoms with Crippen LogP contribution in [-0.2, 0) is 14.0 Å². The topological polar surface area (TPSA) is 35.5 Å². The van der Waals surface area contributed by atoms with E-state index in [1.807, 2.05) is 0 Å². The maximum absolute atomic E-state index is 10.9. The molecule has 0 aromatic rings. The molecule has 2 atom stereocenters. The highest BCUT2D eigenvalue weighted by molar-refractivity contribution is 6.74. The molecule has 0 aromatic heterocycles. The molecule has 20 heavy (non-hydrogen) atoms. The minimum Gasteiger partial charge on any atom is -0.462 e. The van der Waals surface area contributed by atoms with Gasteiger partial charge < -0.3 is 9.16 Å². The van der Waals surface area contributed by atoms with E-state index in [1.165, 1.54) is 19.3 Å². The first kappa shape index (κ1) is 17.7. The third-order valence-electron chi connectivity index (χ3n) is 4.62. The second kappa shape index (κ2) is 7.08. The molecule has 0 aliphatic carbocycles. The molecule has 4 heteroatoms. The Kier molecular flexibility index (Phi) is 6.26. The lowest BCUT2D eigenvalue weighted by Gasteiger charge is -2.40. The fraction of sp³-hybridized carbons (Fsp3) is 0.938. The molecule has 0 N–H and O–H groups in total. The normalized spacial score (nSPS) is 21.3. The van der Waals surface area contributed by atoms with Crippen LogP contribution in [-0.4, -0.2) is 26.5 Å². The summed E-state index contributed by atoms with van der Waals surface area (Å²) in [5, 5.41) is 0.228. The number of carbonyl (C=O) groups is 1. The molecule has 0 aromatic carbocycles. The van der Waals surface area contributed by atoms with Crippen LogP contribution < -0.4 is 0 Å². The third-order valence-corrected chi connectivity index (χ3v) is 9.15. The molecule has 1 fully saturated rings. The second-order valence-corrected chi connectivity index (χ2v) is 12.3. The van der Waals surface area contributed by atoms with Gasteiger partial charge in [-0.1, -0.05) is 47.0 Å². The Bertz CT molecular complexity index is 312. The first-order chi connectivity index (χ1) is 9.15. The Morgan fingerprint density at radius 1 is 1.35 bits per heavy atom. The monoisotopic (exact) mass is 300 g/mol.